The van der Waals surface area contributed by atoms with Crippen LogP contribution in [0, 0.1) is 5.82 Å². The van der Waals surface area contributed by atoms with E-state index < -0.39 is 12.1 Å². The topological polar surface area (TPSA) is 88.3 Å². The van der Waals surface area contributed by atoms with Gasteiger partial charge in [0.2, 0.25) is 11.8 Å². The number of likely N-dealkylation sites (N-methyl/N-ethyl adjacent to an activating group) is 1. The Labute approximate surface area is 175 Å². The van der Waals surface area contributed by atoms with Crippen LogP contribution in [-0.4, -0.2) is 35.9 Å². The summed E-state index contributed by atoms with van der Waals surface area (Å²) in [6.45, 7) is 0. The maximum atomic E-state index is 13.7. The lowest BCUT2D eigenvalue weighted by atomic mass is 10.0. The number of benzene rings is 1. The quantitative estimate of drug-likeness (QED) is 0.502. The molecule has 0 bridgehead atoms. The Kier molecular flexibility index (Phi) is 8.81. The lowest BCUT2D eigenvalue weighted by molar-refractivity contribution is -0.127. The van der Waals surface area contributed by atoms with Crippen molar-refractivity contribution in [2.75, 3.05) is 11.9 Å². The third-order valence-corrected chi connectivity index (χ3v) is 4.48. The van der Waals surface area contributed by atoms with E-state index in [0.717, 1.165) is 11.4 Å². The number of pyridine rings is 1. The van der Waals surface area contributed by atoms with E-state index in [2.05, 4.69) is 10.3 Å². The second-order valence-corrected chi connectivity index (χ2v) is 6.45. The first-order valence-electron chi connectivity index (χ1n) is 8.45. The molecule has 1 aliphatic heterocycles. The summed E-state index contributed by atoms with van der Waals surface area (Å²) < 4.78 is 13.7. The van der Waals surface area contributed by atoms with Crippen LogP contribution in [0.2, 0.25) is 0 Å². The van der Waals surface area contributed by atoms with E-state index in [-0.39, 0.29) is 55.3 Å². The molecule has 0 saturated carbocycles. The number of nitrogens with two attached hydrogens (primary N) is 1. The van der Waals surface area contributed by atoms with Crippen LogP contribution >= 0.6 is 0 Å². The van der Waals surface area contributed by atoms with Crippen LogP contribution in [0.5, 0.6) is 0 Å². The van der Waals surface area contributed by atoms with Gasteiger partial charge in [0.15, 0.2) is 0 Å². The highest BCUT2D eigenvalue weighted by molar-refractivity contribution is 6.01. The van der Waals surface area contributed by atoms with Gasteiger partial charge in [0.1, 0.15) is 11.9 Å². The molecule has 6 nitrogen and oxygen atoms in total. The summed E-state index contributed by atoms with van der Waals surface area (Å²) in [6.07, 6.45) is 2.26. The average molecular weight is 427 g/mol. The number of nitrogens with one attached hydrogen (secondary N) is 1. The number of fused-ring (bicyclic) bond motifs is 1. The van der Waals surface area contributed by atoms with Gasteiger partial charge in [0.05, 0.1) is 11.4 Å². The smallest absolute Gasteiger partial charge is 0.249 e. The molecule has 9 heteroatoms. The number of nitrogens with zero attached hydrogens (tertiary/aromatic N) is 2. The molecule has 2 atom stereocenters. The van der Waals surface area contributed by atoms with Crippen LogP contribution in [0.1, 0.15) is 17.7 Å². The van der Waals surface area contributed by atoms with Crippen molar-refractivity contribution in [2.45, 2.75) is 31.3 Å². The zero-order valence-corrected chi connectivity index (χ0v) is 16.8. The standard InChI is InChI=1S/C19H21FN4O2.2ClH/c1-24-17-7-4-8-22-15(17)11-16(19(24)26)23-18(25)10-13(21)9-12-5-2-3-6-14(12)20;;/h2-8,13,16H,9-11,21H2,1H3,(H,23,25);2*1H/p-2/t13-,16?;;/m1../s1. The van der Waals surface area contributed by atoms with E-state index in [1.165, 1.54) is 11.0 Å². The van der Waals surface area contributed by atoms with Gasteiger partial charge < -0.3 is 40.8 Å². The van der Waals surface area contributed by atoms with Crippen LogP contribution in [0.15, 0.2) is 42.6 Å². The van der Waals surface area contributed by atoms with Crippen molar-refractivity contribution in [2.24, 2.45) is 5.73 Å². The van der Waals surface area contributed by atoms with Crippen molar-refractivity contribution in [3.8, 4) is 0 Å². The number of carbonyl (C=O) groups is 2. The van der Waals surface area contributed by atoms with E-state index in [0.29, 0.717) is 12.0 Å². The van der Waals surface area contributed by atoms with Crippen molar-refractivity contribution in [3.63, 3.8) is 0 Å². The maximum Gasteiger partial charge on any atom is 0.249 e. The van der Waals surface area contributed by atoms with Gasteiger partial charge >= 0.3 is 0 Å². The van der Waals surface area contributed by atoms with Gasteiger partial charge in [-0.3, -0.25) is 14.6 Å². The summed E-state index contributed by atoms with van der Waals surface area (Å²) in [7, 11) is 1.66. The Balaban J connectivity index is 0.00000196. The van der Waals surface area contributed by atoms with Gasteiger partial charge in [-0.2, -0.15) is 0 Å². The minimum absolute atomic E-state index is 0. The fourth-order valence-corrected chi connectivity index (χ4v) is 3.15. The number of halogens is 3. The number of hydrogen-bond acceptors (Lipinski definition) is 4. The van der Waals surface area contributed by atoms with Gasteiger partial charge in [-0.25, -0.2) is 4.39 Å². The molecule has 0 fully saturated rings. The number of rotatable bonds is 5. The van der Waals surface area contributed by atoms with Gasteiger partial charge in [-0.05, 0) is 30.2 Å². The number of hydrogen-bond donors (Lipinski definition) is 2. The predicted octanol–water partition coefficient (Wildman–Crippen LogP) is -4.81. The first-order chi connectivity index (χ1) is 12.5. The third-order valence-electron chi connectivity index (χ3n) is 4.48. The van der Waals surface area contributed by atoms with Crippen LogP contribution in [0.4, 0.5) is 10.1 Å². The van der Waals surface area contributed by atoms with Gasteiger partial charge in [0, 0.05) is 32.1 Å². The highest BCUT2D eigenvalue weighted by Crippen LogP contribution is 2.24. The highest BCUT2D eigenvalue weighted by atomic mass is 35.5. The summed E-state index contributed by atoms with van der Waals surface area (Å²) in [6, 6.07) is 8.73. The Bertz CT molecular complexity index is 837. The molecule has 3 N–H and O–H groups in total. The molecule has 1 unspecified atom stereocenters. The molecule has 2 aromatic rings. The van der Waals surface area contributed by atoms with Crippen molar-refractivity contribution in [1.82, 2.24) is 10.3 Å². The minimum Gasteiger partial charge on any atom is -1.00 e. The number of carbonyl (C=O) groups excluding carboxylic acids is 2. The molecule has 152 valence electrons. The summed E-state index contributed by atoms with van der Waals surface area (Å²) >= 11 is 0. The molecule has 1 aliphatic rings. The monoisotopic (exact) mass is 426 g/mol. The highest BCUT2D eigenvalue weighted by Gasteiger charge is 2.32. The molecule has 0 radical (unpaired) electrons. The first kappa shape index (κ1) is 23.8. The fourth-order valence-electron chi connectivity index (χ4n) is 3.15. The van der Waals surface area contributed by atoms with Crippen molar-refractivity contribution in [3.05, 3.63) is 59.7 Å². The lowest BCUT2D eigenvalue weighted by Crippen LogP contribution is -3.00. The molecule has 2 amide bonds. The van der Waals surface area contributed by atoms with Crippen molar-refractivity contribution >= 4 is 17.5 Å². The molecule has 0 spiro atoms. The van der Waals surface area contributed by atoms with Crippen LogP contribution in [0.3, 0.4) is 0 Å². The third kappa shape index (κ3) is 5.41. The zero-order valence-electron chi connectivity index (χ0n) is 15.2. The van der Waals surface area contributed by atoms with E-state index in [1.807, 2.05) is 6.07 Å². The SMILES string of the molecule is CN1C(=O)C(NC(=O)C[C@H](N)Cc2ccccc2F)Cc2ncccc21.[Cl-].[Cl-]. The summed E-state index contributed by atoms with van der Waals surface area (Å²) in [4.78, 5) is 30.5. The van der Waals surface area contributed by atoms with Gasteiger partial charge in [0.25, 0.3) is 0 Å². The maximum absolute atomic E-state index is 13.7. The molecule has 1 aromatic carbocycles. The fraction of sp³-hybridized carbons (Fsp3) is 0.316. The average Bonchev–Trinajstić information content (AvgIpc) is 2.61. The summed E-state index contributed by atoms with van der Waals surface area (Å²) in [5.41, 5.74) is 7.96. The second-order valence-electron chi connectivity index (χ2n) is 6.45. The van der Waals surface area contributed by atoms with Gasteiger partial charge in [-0.15, -0.1) is 0 Å². The van der Waals surface area contributed by atoms with E-state index in [1.54, 1.807) is 37.5 Å². The van der Waals surface area contributed by atoms with E-state index in [9.17, 15) is 14.0 Å². The zero-order chi connectivity index (χ0) is 18.7. The van der Waals surface area contributed by atoms with Crippen molar-refractivity contribution < 1.29 is 38.8 Å². The van der Waals surface area contributed by atoms with Crippen molar-refractivity contribution in [1.29, 1.82) is 0 Å². The van der Waals surface area contributed by atoms with Crippen LogP contribution in [0.25, 0.3) is 0 Å². The van der Waals surface area contributed by atoms with Crippen LogP contribution in [-0.2, 0) is 22.4 Å². The van der Waals surface area contributed by atoms with Crippen LogP contribution < -0.4 is 40.8 Å². The Morgan fingerprint density at radius 1 is 1.32 bits per heavy atom. The number of amides is 2. The number of aromatic nitrogens is 1. The molecule has 2 heterocycles. The molecule has 1 aromatic heterocycles. The minimum atomic E-state index is -0.671. The predicted molar refractivity (Wildman–Crippen MR) is 96.0 cm³/mol. The Hall–Kier alpha value is -2.22. The molecule has 3 rings (SSSR count). The summed E-state index contributed by atoms with van der Waals surface area (Å²) in [5.74, 6) is -0.864. The Morgan fingerprint density at radius 2 is 2.04 bits per heavy atom. The number of anilines is 1. The molecular weight excluding hydrogens is 406 g/mol. The first-order valence-corrected chi connectivity index (χ1v) is 8.45. The molecule has 0 saturated heterocycles. The largest absolute Gasteiger partial charge is 1.00 e. The molecular formula is C19H21Cl2FN4O2-2. The molecule has 28 heavy (non-hydrogen) atoms. The second kappa shape index (κ2) is 10.4. The Morgan fingerprint density at radius 3 is 2.75 bits per heavy atom. The lowest BCUT2D eigenvalue weighted by Gasteiger charge is -2.31. The van der Waals surface area contributed by atoms with E-state index >= 15 is 0 Å². The van der Waals surface area contributed by atoms with Gasteiger partial charge in [-0.1, -0.05) is 18.2 Å². The van der Waals surface area contributed by atoms with E-state index in [4.69, 9.17) is 5.73 Å². The molecule has 0 aliphatic carbocycles. The summed E-state index contributed by atoms with van der Waals surface area (Å²) in [5, 5.41) is 2.73. The normalized spacial score (nSPS) is 16.3.